The highest BCUT2D eigenvalue weighted by Crippen LogP contribution is 2.38. The van der Waals surface area contributed by atoms with Crippen LogP contribution in [0.4, 0.5) is 0 Å². The molecule has 0 aromatic carbocycles. The van der Waals surface area contributed by atoms with Gasteiger partial charge >= 0.3 is 0 Å². The van der Waals surface area contributed by atoms with Crippen molar-refractivity contribution >= 4 is 0 Å². The first-order valence-electron chi connectivity index (χ1n) is 7.62. The third-order valence-electron chi connectivity index (χ3n) is 4.78. The number of nitrogens with zero attached hydrogens (tertiary/aromatic N) is 1. The SMILES string of the molecule is CCCC[C@@H]1CC[C@@H](CCC)N2CCC[C@@H]12. The lowest BCUT2D eigenvalue weighted by Gasteiger charge is -2.43. The number of hydrogen-bond acceptors (Lipinski definition) is 1. The first-order valence-corrected chi connectivity index (χ1v) is 7.62. The zero-order valence-corrected chi connectivity index (χ0v) is 11.3. The smallest absolute Gasteiger partial charge is 0.0127 e. The van der Waals surface area contributed by atoms with Gasteiger partial charge in [-0.25, -0.2) is 0 Å². The molecule has 2 aliphatic rings. The van der Waals surface area contributed by atoms with Crippen molar-refractivity contribution in [3.05, 3.63) is 0 Å². The van der Waals surface area contributed by atoms with Gasteiger partial charge in [0, 0.05) is 12.1 Å². The number of fused-ring (bicyclic) bond motifs is 1. The van der Waals surface area contributed by atoms with Gasteiger partial charge in [0.1, 0.15) is 0 Å². The molecule has 94 valence electrons. The van der Waals surface area contributed by atoms with Crippen LogP contribution in [0.15, 0.2) is 0 Å². The van der Waals surface area contributed by atoms with E-state index in [1.54, 1.807) is 0 Å². The van der Waals surface area contributed by atoms with Gasteiger partial charge in [0.05, 0.1) is 0 Å². The summed E-state index contributed by atoms with van der Waals surface area (Å²) in [6, 6.07) is 1.91. The Kier molecular flexibility index (Phi) is 4.69. The van der Waals surface area contributed by atoms with E-state index >= 15 is 0 Å². The summed E-state index contributed by atoms with van der Waals surface area (Å²) in [5, 5.41) is 0. The van der Waals surface area contributed by atoms with E-state index in [4.69, 9.17) is 0 Å². The highest BCUT2D eigenvalue weighted by molar-refractivity contribution is 4.93. The van der Waals surface area contributed by atoms with Crippen LogP contribution >= 0.6 is 0 Å². The summed E-state index contributed by atoms with van der Waals surface area (Å²) in [5.41, 5.74) is 0. The largest absolute Gasteiger partial charge is 0.297 e. The summed E-state index contributed by atoms with van der Waals surface area (Å²) in [4.78, 5) is 2.88. The third-order valence-corrected chi connectivity index (χ3v) is 4.78. The summed E-state index contributed by atoms with van der Waals surface area (Å²) in [6.45, 7) is 6.07. The Morgan fingerprint density at radius 1 is 1.00 bits per heavy atom. The Hall–Kier alpha value is -0.0400. The molecule has 0 bridgehead atoms. The van der Waals surface area contributed by atoms with E-state index in [1.165, 1.54) is 64.3 Å². The van der Waals surface area contributed by atoms with Crippen molar-refractivity contribution in [3.63, 3.8) is 0 Å². The molecular weight excluding hydrogens is 194 g/mol. The van der Waals surface area contributed by atoms with Gasteiger partial charge < -0.3 is 0 Å². The topological polar surface area (TPSA) is 3.24 Å². The number of piperidine rings is 1. The predicted octanol–water partition coefficient (Wildman–Crippen LogP) is 4.22. The average Bonchev–Trinajstić information content (AvgIpc) is 2.78. The summed E-state index contributed by atoms with van der Waals surface area (Å²) in [7, 11) is 0. The number of hydrogen-bond donors (Lipinski definition) is 0. The zero-order valence-electron chi connectivity index (χ0n) is 11.3. The maximum absolute atomic E-state index is 2.88. The van der Waals surface area contributed by atoms with Crippen LogP contribution in [0.25, 0.3) is 0 Å². The van der Waals surface area contributed by atoms with Crippen LogP contribution in [-0.2, 0) is 0 Å². The molecule has 2 heterocycles. The minimum absolute atomic E-state index is 0.940. The molecule has 0 radical (unpaired) electrons. The molecule has 0 N–H and O–H groups in total. The molecular formula is C15H29N. The molecule has 0 unspecified atom stereocenters. The van der Waals surface area contributed by atoms with Crippen LogP contribution in [0.3, 0.4) is 0 Å². The molecule has 2 saturated heterocycles. The second-order valence-electron chi connectivity index (χ2n) is 5.87. The van der Waals surface area contributed by atoms with E-state index in [1.807, 2.05) is 0 Å². The monoisotopic (exact) mass is 223 g/mol. The first kappa shape index (κ1) is 12.4. The van der Waals surface area contributed by atoms with Crippen molar-refractivity contribution in [1.82, 2.24) is 4.90 Å². The summed E-state index contributed by atoms with van der Waals surface area (Å²) in [5.74, 6) is 1.04. The van der Waals surface area contributed by atoms with Gasteiger partial charge in [0.15, 0.2) is 0 Å². The van der Waals surface area contributed by atoms with Gasteiger partial charge in [-0.1, -0.05) is 33.1 Å². The molecule has 0 aromatic heterocycles. The zero-order chi connectivity index (χ0) is 11.4. The molecule has 0 spiro atoms. The lowest BCUT2D eigenvalue weighted by Crippen LogP contribution is -2.47. The lowest BCUT2D eigenvalue weighted by atomic mass is 9.81. The van der Waals surface area contributed by atoms with Crippen molar-refractivity contribution in [2.75, 3.05) is 6.54 Å². The first-order chi connectivity index (χ1) is 7.86. The summed E-state index contributed by atoms with van der Waals surface area (Å²) in [6.07, 6.45) is 13.1. The van der Waals surface area contributed by atoms with Gasteiger partial charge in [-0.2, -0.15) is 0 Å². The molecule has 0 amide bonds. The fraction of sp³-hybridized carbons (Fsp3) is 1.00. The minimum Gasteiger partial charge on any atom is -0.297 e. The molecule has 1 heteroatoms. The molecule has 0 aliphatic carbocycles. The molecule has 16 heavy (non-hydrogen) atoms. The lowest BCUT2D eigenvalue weighted by molar-refractivity contribution is 0.0639. The Balaban J connectivity index is 1.91. The quantitative estimate of drug-likeness (QED) is 0.674. The van der Waals surface area contributed by atoms with Gasteiger partial charge in [-0.15, -0.1) is 0 Å². The minimum atomic E-state index is 0.940. The van der Waals surface area contributed by atoms with E-state index in [2.05, 4.69) is 18.7 Å². The number of rotatable bonds is 5. The normalized spacial score (nSPS) is 35.2. The van der Waals surface area contributed by atoms with Gasteiger partial charge in [0.2, 0.25) is 0 Å². The van der Waals surface area contributed by atoms with Crippen molar-refractivity contribution < 1.29 is 0 Å². The Morgan fingerprint density at radius 2 is 1.88 bits per heavy atom. The maximum Gasteiger partial charge on any atom is 0.0127 e. The standard InChI is InChI=1S/C15H29N/c1-3-5-8-13-10-11-14(7-4-2)16-12-6-9-15(13)16/h13-15H,3-12H2,1-2H3/t13-,14-,15+/m1/s1. The van der Waals surface area contributed by atoms with Gasteiger partial charge in [0.25, 0.3) is 0 Å². The average molecular weight is 223 g/mol. The molecule has 0 saturated carbocycles. The second-order valence-corrected chi connectivity index (χ2v) is 5.87. The van der Waals surface area contributed by atoms with E-state index in [-0.39, 0.29) is 0 Å². The molecule has 2 fully saturated rings. The fourth-order valence-electron chi connectivity index (χ4n) is 3.99. The van der Waals surface area contributed by atoms with Crippen LogP contribution in [0.1, 0.15) is 71.6 Å². The van der Waals surface area contributed by atoms with Crippen molar-refractivity contribution in [1.29, 1.82) is 0 Å². The van der Waals surface area contributed by atoms with Crippen LogP contribution in [-0.4, -0.2) is 23.5 Å². The molecule has 2 aliphatic heterocycles. The Morgan fingerprint density at radius 3 is 2.62 bits per heavy atom. The molecule has 2 rings (SSSR count). The van der Waals surface area contributed by atoms with Crippen molar-refractivity contribution in [3.8, 4) is 0 Å². The predicted molar refractivity (Wildman–Crippen MR) is 70.7 cm³/mol. The molecule has 0 aromatic rings. The van der Waals surface area contributed by atoms with Crippen molar-refractivity contribution in [2.45, 2.75) is 83.7 Å². The molecule has 1 nitrogen and oxygen atoms in total. The van der Waals surface area contributed by atoms with E-state index in [0.29, 0.717) is 0 Å². The fourth-order valence-corrected chi connectivity index (χ4v) is 3.99. The molecule has 3 atom stereocenters. The number of unbranched alkanes of at least 4 members (excludes halogenated alkanes) is 1. The van der Waals surface area contributed by atoms with E-state index in [9.17, 15) is 0 Å². The highest BCUT2D eigenvalue weighted by atomic mass is 15.2. The van der Waals surface area contributed by atoms with Crippen molar-refractivity contribution in [2.24, 2.45) is 5.92 Å². The summed E-state index contributed by atoms with van der Waals surface area (Å²) < 4.78 is 0. The van der Waals surface area contributed by atoms with Crippen LogP contribution in [0, 0.1) is 5.92 Å². The Labute approximate surface area is 102 Å². The highest BCUT2D eigenvalue weighted by Gasteiger charge is 2.38. The van der Waals surface area contributed by atoms with Gasteiger partial charge in [-0.05, 0) is 51.0 Å². The van der Waals surface area contributed by atoms with Crippen LogP contribution in [0.5, 0.6) is 0 Å². The van der Waals surface area contributed by atoms with Gasteiger partial charge in [-0.3, -0.25) is 4.90 Å². The Bertz CT molecular complexity index is 202. The summed E-state index contributed by atoms with van der Waals surface area (Å²) >= 11 is 0. The third kappa shape index (κ3) is 2.61. The van der Waals surface area contributed by atoms with Crippen LogP contribution in [0.2, 0.25) is 0 Å². The van der Waals surface area contributed by atoms with E-state index in [0.717, 1.165) is 18.0 Å². The van der Waals surface area contributed by atoms with Crippen LogP contribution < -0.4 is 0 Å². The second kappa shape index (κ2) is 6.05. The van der Waals surface area contributed by atoms with E-state index < -0.39 is 0 Å². The maximum atomic E-state index is 2.88.